The molecule has 26 heavy (non-hydrogen) atoms. The Bertz CT molecular complexity index is 868. The van der Waals surface area contributed by atoms with Crippen LogP contribution < -0.4 is 10.0 Å². The lowest BCUT2D eigenvalue weighted by Crippen LogP contribution is -2.42. The fourth-order valence-corrected chi connectivity index (χ4v) is 3.56. The average Bonchev–Trinajstić information content (AvgIpc) is 2.54. The first-order valence-electron chi connectivity index (χ1n) is 7.98. The lowest BCUT2D eigenvalue weighted by Gasteiger charge is -2.25. The predicted octanol–water partition coefficient (Wildman–Crippen LogP) is 2.94. The van der Waals surface area contributed by atoms with Crippen molar-refractivity contribution in [1.29, 1.82) is 0 Å². The van der Waals surface area contributed by atoms with E-state index in [9.17, 15) is 13.2 Å². The second-order valence-corrected chi connectivity index (χ2v) is 8.28. The van der Waals surface area contributed by atoms with E-state index in [1.165, 1.54) is 12.1 Å². The summed E-state index contributed by atoms with van der Waals surface area (Å²) in [7, 11) is -0.174. The van der Waals surface area contributed by atoms with Gasteiger partial charge < -0.3 is 10.2 Å². The number of hydrogen-bond acceptors (Lipinski definition) is 4. The molecule has 0 aromatic heterocycles. The van der Waals surface area contributed by atoms with Gasteiger partial charge in [-0.25, -0.2) is 17.9 Å². The van der Waals surface area contributed by atoms with Crippen LogP contribution in [0.2, 0.25) is 5.02 Å². The molecule has 1 unspecified atom stereocenters. The van der Waals surface area contributed by atoms with E-state index in [2.05, 4.69) is 5.32 Å². The number of likely N-dealkylation sites (N-methyl/N-ethyl adjacent to an activating group) is 1. The number of aryl methyl sites for hydroxylation is 1. The monoisotopic (exact) mass is 395 g/mol. The maximum atomic E-state index is 12.2. The van der Waals surface area contributed by atoms with Crippen molar-refractivity contribution in [3.05, 3.63) is 64.7 Å². The number of nitrogens with one attached hydrogen (secondary N) is 2. The molecule has 2 N–H and O–H groups in total. The lowest BCUT2D eigenvalue weighted by molar-refractivity contribution is 0.237. The molecule has 0 heterocycles. The van der Waals surface area contributed by atoms with E-state index in [4.69, 9.17) is 11.6 Å². The number of carbonyl (C=O) groups excluding carboxylic acids is 1. The Morgan fingerprint density at radius 2 is 1.81 bits per heavy atom. The van der Waals surface area contributed by atoms with E-state index in [1.807, 2.05) is 48.8 Å². The molecule has 1 atom stereocenters. The second kappa shape index (κ2) is 8.53. The van der Waals surface area contributed by atoms with Crippen LogP contribution in [0.5, 0.6) is 0 Å². The van der Waals surface area contributed by atoms with Crippen LogP contribution in [0, 0.1) is 6.92 Å². The van der Waals surface area contributed by atoms with Gasteiger partial charge in [0, 0.05) is 11.6 Å². The number of urea groups is 1. The van der Waals surface area contributed by atoms with Crippen molar-refractivity contribution in [1.82, 2.24) is 14.9 Å². The Balaban J connectivity index is 2.03. The summed E-state index contributed by atoms with van der Waals surface area (Å²) in [5.41, 5.74) is 1.85. The van der Waals surface area contributed by atoms with Gasteiger partial charge in [-0.05, 0) is 50.8 Å². The minimum Gasteiger partial charge on any atom is -0.335 e. The van der Waals surface area contributed by atoms with Crippen molar-refractivity contribution < 1.29 is 13.2 Å². The molecule has 0 aliphatic heterocycles. The topological polar surface area (TPSA) is 78.5 Å². The molecule has 0 radical (unpaired) electrons. The van der Waals surface area contributed by atoms with Crippen molar-refractivity contribution >= 4 is 27.7 Å². The van der Waals surface area contributed by atoms with Crippen LogP contribution in [0.1, 0.15) is 17.2 Å². The van der Waals surface area contributed by atoms with Gasteiger partial charge >= 0.3 is 6.03 Å². The second-order valence-electron chi connectivity index (χ2n) is 6.16. The first-order valence-corrected chi connectivity index (χ1v) is 9.84. The van der Waals surface area contributed by atoms with E-state index in [-0.39, 0.29) is 17.5 Å². The molecule has 2 aromatic carbocycles. The molecule has 0 fully saturated rings. The molecule has 0 aliphatic carbocycles. The van der Waals surface area contributed by atoms with Crippen molar-refractivity contribution in [3.63, 3.8) is 0 Å². The molecule has 0 aliphatic rings. The zero-order chi connectivity index (χ0) is 19.3. The first-order chi connectivity index (χ1) is 12.2. The summed E-state index contributed by atoms with van der Waals surface area (Å²) in [5.74, 6) is 0. The molecule has 2 aromatic rings. The van der Waals surface area contributed by atoms with E-state index >= 15 is 0 Å². The third-order valence-electron chi connectivity index (χ3n) is 3.87. The largest absolute Gasteiger partial charge is 0.335 e. The van der Waals surface area contributed by atoms with Crippen molar-refractivity contribution in [2.75, 3.05) is 20.6 Å². The fourth-order valence-electron chi connectivity index (χ4n) is 2.44. The molecule has 0 bridgehead atoms. The highest BCUT2D eigenvalue weighted by atomic mass is 35.5. The molecular weight excluding hydrogens is 374 g/mol. The summed E-state index contributed by atoms with van der Waals surface area (Å²) in [4.78, 5) is 14.0. The fraction of sp³-hybridized carbons (Fsp3) is 0.278. The number of sulfonamides is 1. The molecule has 0 saturated heterocycles. The van der Waals surface area contributed by atoms with Gasteiger partial charge in [0.05, 0.1) is 10.9 Å². The number of amides is 2. The number of halogens is 1. The van der Waals surface area contributed by atoms with Crippen LogP contribution >= 0.6 is 11.6 Å². The predicted molar refractivity (Wildman–Crippen MR) is 103 cm³/mol. The van der Waals surface area contributed by atoms with Crippen LogP contribution in [0.4, 0.5) is 4.79 Å². The molecule has 6 nitrogen and oxygen atoms in total. The summed E-state index contributed by atoms with van der Waals surface area (Å²) in [6.45, 7) is 2.08. The third-order valence-corrected chi connectivity index (χ3v) is 5.45. The highest BCUT2D eigenvalue weighted by molar-refractivity contribution is 7.90. The summed E-state index contributed by atoms with van der Waals surface area (Å²) < 4.78 is 26.5. The van der Waals surface area contributed by atoms with Crippen LogP contribution in [-0.4, -0.2) is 40.0 Å². The Morgan fingerprint density at radius 3 is 2.38 bits per heavy atom. The van der Waals surface area contributed by atoms with E-state index in [1.54, 1.807) is 18.2 Å². The molecule has 0 spiro atoms. The van der Waals surface area contributed by atoms with Crippen molar-refractivity contribution in [3.8, 4) is 0 Å². The molecule has 0 saturated carbocycles. The lowest BCUT2D eigenvalue weighted by atomic mass is 10.1. The smallest absolute Gasteiger partial charge is 0.328 e. The Hall–Kier alpha value is -2.09. The number of nitrogens with zero attached hydrogens (tertiary/aromatic N) is 1. The normalized spacial score (nSPS) is 12.7. The zero-order valence-electron chi connectivity index (χ0n) is 14.9. The Kier molecular flexibility index (Phi) is 6.63. The van der Waals surface area contributed by atoms with E-state index < -0.39 is 16.1 Å². The number of carbonyl (C=O) groups is 1. The zero-order valence-corrected chi connectivity index (χ0v) is 16.4. The van der Waals surface area contributed by atoms with E-state index in [0.29, 0.717) is 5.02 Å². The van der Waals surface area contributed by atoms with Gasteiger partial charge in [-0.1, -0.05) is 41.4 Å². The van der Waals surface area contributed by atoms with Gasteiger partial charge in [-0.3, -0.25) is 0 Å². The summed E-state index contributed by atoms with van der Waals surface area (Å²) >= 11 is 6.02. The Labute approximate surface area is 159 Å². The van der Waals surface area contributed by atoms with Gasteiger partial charge in [0.2, 0.25) is 0 Å². The third kappa shape index (κ3) is 5.45. The standard InChI is InChI=1S/C18H22ClN3O3S/c1-13-7-9-16(10-8-13)26(24,25)21-18(23)20-12-17(22(2)3)14-5-4-6-15(19)11-14/h4-11,17H,12H2,1-3H3,(H2,20,21,23). The van der Waals surface area contributed by atoms with E-state index in [0.717, 1.165) is 11.1 Å². The maximum absolute atomic E-state index is 12.2. The number of rotatable bonds is 6. The Morgan fingerprint density at radius 1 is 1.15 bits per heavy atom. The van der Waals surface area contributed by atoms with Gasteiger partial charge in [0.15, 0.2) is 0 Å². The molecule has 8 heteroatoms. The summed E-state index contributed by atoms with van der Waals surface area (Å²) in [6, 6.07) is 12.7. The van der Waals surface area contributed by atoms with Crippen molar-refractivity contribution in [2.45, 2.75) is 17.9 Å². The number of benzene rings is 2. The molecule has 2 rings (SSSR count). The SMILES string of the molecule is Cc1ccc(S(=O)(=O)NC(=O)NCC(c2cccc(Cl)c2)N(C)C)cc1. The van der Waals surface area contributed by atoms with Crippen LogP contribution in [0.3, 0.4) is 0 Å². The molecule has 2 amide bonds. The highest BCUT2D eigenvalue weighted by Crippen LogP contribution is 2.21. The van der Waals surface area contributed by atoms with Gasteiger partial charge in [-0.2, -0.15) is 0 Å². The quantitative estimate of drug-likeness (QED) is 0.788. The van der Waals surface area contributed by atoms with Gasteiger partial charge in [0.25, 0.3) is 10.0 Å². The first kappa shape index (κ1) is 20.2. The van der Waals surface area contributed by atoms with Gasteiger partial charge in [-0.15, -0.1) is 0 Å². The minimum atomic E-state index is -3.91. The molecular formula is C18H22ClN3O3S. The molecule has 140 valence electrons. The number of hydrogen-bond donors (Lipinski definition) is 2. The van der Waals surface area contributed by atoms with Crippen LogP contribution in [0.25, 0.3) is 0 Å². The average molecular weight is 396 g/mol. The van der Waals surface area contributed by atoms with Crippen LogP contribution in [0.15, 0.2) is 53.4 Å². The van der Waals surface area contributed by atoms with Crippen molar-refractivity contribution in [2.24, 2.45) is 0 Å². The van der Waals surface area contributed by atoms with Crippen LogP contribution in [-0.2, 0) is 10.0 Å². The van der Waals surface area contributed by atoms with Gasteiger partial charge in [0.1, 0.15) is 0 Å². The highest BCUT2D eigenvalue weighted by Gasteiger charge is 2.20. The summed E-state index contributed by atoms with van der Waals surface area (Å²) in [5, 5.41) is 3.20. The maximum Gasteiger partial charge on any atom is 0.328 e. The summed E-state index contributed by atoms with van der Waals surface area (Å²) in [6.07, 6.45) is 0. The minimum absolute atomic E-state index is 0.0391.